The number of likely N-dealkylation sites (N-methyl/N-ethyl adjacent to an activating group) is 1. The normalized spacial score (nSPS) is 22.1. The van der Waals surface area contributed by atoms with Crippen molar-refractivity contribution in [3.05, 3.63) is 15.6 Å². The van der Waals surface area contributed by atoms with E-state index in [1.54, 1.807) is 20.8 Å². The predicted molar refractivity (Wildman–Crippen MR) is 109 cm³/mol. The summed E-state index contributed by atoms with van der Waals surface area (Å²) in [4.78, 5) is 46.7. The van der Waals surface area contributed by atoms with Gasteiger partial charge in [0, 0.05) is 44.0 Å². The van der Waals surface area contributed by atoms with Gasteiger partial charge in [-0.15, -0.1) is 11.3 Å². The molecule has 0 aromatic carbocycles. The number of rotatable bonds is 2. The molecule has 0 saturated carbocycles. The lowest BCUT2D eigenvalue weighted by Gasteiger charge is -2.40. The second-order valence-corrected chi connectivity index (χ2v) is 9.51. The average molecular weight is 424 g/mol. The number of thiazole rings is 1. The summed E-state index contributed by atoms with van der Waals surface area (Å²) in [6.45, 7) is 8.80. The van der Waals surface area contributed by atoms with Gasteiger partial charge in [-0.25, -0.2) is 9.78 Å². The van der Waals surface area contributed by atoms with Crippen LogP contribution in [0.15, 0.2) is 0 Å². The van der Waals surface area contributed by atoms with E-state index in [1.807, 2.05) is 0 Å². The van der Waals surface area contributed by atoms with Crippen molar-refractivity contribution >= 4 is 29.2 Å². The summed E-state index contributed by atoms with van der Waals surface area (Å²) in [6, 6.07) is -0.463. The minimum Gasteiger partial charge on any atom is -0.444 e. The first kappa shape index (κ1) is 21.5. The van der Waals surface area contributed by atoms with Gasteiger partial charge >= 0.3 is 6.09 Å². The molecule has 2 aliphatic heterocycles. The fourth-order valence-electron chi connectivity index (χ4n) is 3.43. The molecular formula is C19H29N5O4S. The number of nitrogens with one attached hydrogen (secondary N) is 2. The van der Waals surface area contributed by atoms with Gasteiger partial charge in [0.2, 0.25) is 5.91 Å². The second-order valence-electron chi connectivity index (χ2n) is 8.43. The minimum atomic E-state index is -0.785. The molecular weight excluding hydrogens is 394 g/mol. The van der Waals surface area contributed by atoms with Gasteiger partial charge in [-0.3, -0.25) is 9.59 Å². The molecule has 0 radical (unpaired) electrons. The first-order chi connectivity index (χ1) is 13.6. The van der Waals surface area contributed by atoms with E-state index in [1.165, 1.54) is 28.2 Å². The molecule has 3 amide bonds. The largest absolute Gasteiger partial charge is 0.444 e. The molecule has 29 heavy (non-hydrogen) atoms. The summed E-state index contributed by atoms with van der Waals surface area (Å²) in [5.74, 6) is -0.585. The molecule has 2 atom stereocenters. The van der Waals surface area contributed by atoms with Crippen molar-refractivity contribution in [1.82, 2.24) is 25.4 Å². The Morgan fingerprint density at radius 1 is 1.28 bits per heavy atom. The first-order valence-corrected chi connectivity index (χ1v) is 10.6. The summed E-state index contributed by atoms with van der Waals surface area (Å²) in [7, 11) is 1.52. The van der Waals surface area contributed by atoms with Crippen LogP contribution in [0.3, 0.4) is 0 Å². The molecule has 0 bridgehead atoms. The molecule has 1 aromatic heterocycles. The zero-order valence-corrected chi connectivity index (χ0v) is 18.4. The fraction of sp³-hybridized carbons (Fsp3) is 0.684. The molecule has 3 rings (SSSR count). The molecule has 0 spiro atoms. The Hall–Kier alpha value is -2.20. The molecule has 160 valence electrons. The van der Waals surface area contributed by atoms with Gasteiger partial charge in [0.15, 0.2) is 5.01 Å². The number of amides is 3. The number of ether oxygens (including phenoxy) is 1. The highest BCUT2D eigenvalue weighted by molar-refractivity contribution is 7.13. The Kier molecular flexibility index (Phi) is 6.13. The average Bonchev–Trinajstić information content (AvgIpc) is 3.08. The van der Waals surface area contributed by atoms with E-state index < -0.39 is 17.7 Å². The molecule has 2 unspecified atom stereocenters. The smallest absolute Gasteiger partial charge is 0.410 e. The third-order valence-corrected chi connectivity index (χ3v) is 6.00. The molecule has 1 aromatic rings. The Morgan fingerprint density at radius 3 is 2.66 bits per heavy atom. The van der Waals surface area contributed by atoms with Gasteiger partial charge in [-0.2, -0.15) is 0 Å². The maximum absolute atomic E-state index is 13.2. The maximum Gasteiger partial charge on any atom is 0.410 e. The van der Waals surface area contributed by atoms with Crippen molar-refractivity contribution < 1.29 is 19.1 Å². The molecule has 2 aliphatic rings. The number of hydrogen-bond donors (Lipinski definition) is 2. The lowest BCUT2D eigenvalue weighted by Crippen LogP contribution is -2.61. The maximum atomic E-state index is 13.2. The van der Waals surface area contributed by atoms with Crippen LogP contribution in [0.2, 0.25) is 0 Å². The second kappa shape index (κ2) is 8.27. The number of aromatic nitrogens is 1. The lowest BCUT2D eigenvalue weighted by atomic mass is 10.1. The van der Waals surface area contributed by atoms with Crippen LogP contribution in [0.5, 0.6) is 0 Å². The number of carbonyl (C=O) groups is 3. The van der Waals surface area contributed by atoms with E-state index in [2.05, 4.69) is 22.5 Å². The molecule has 10 heteroatoms. The third-order valence-electron chi connectivity index (χ3n) is 4.91. The summed E-state index contributed by atoms with van der Waals surface area (Å²) in [5.41, 5.74) is 0.325. The van der Waals surface area contributed by atoms with Crippen LogP contribution < -0.4 is 10.6 Å². The quantitative estimate of drug-likeness (QED) is 0.735. The van der Waals surface area contributed by atoms with E-state index in [4.69, 9.17) is 4.74 Å². The molecule has 0 aliphatic carbocycles. The Morgan fingerprint density at radius 2 is 2.00 bits per heavy atom. The van der Waals surface area contributed by atoms with E-state index in [0.717, 1.165) is 17.0 Å². The van der Waals surface area contributed by atoms with Crippen LogP contribution in [-0.4, -0.2) is 77.1 Å². The number of hydrogen-bond acceptors (Lipinski definition) is 7. The van der Waals surface area contributed by atoms with Crippen molar-refractivity contribution in [2.45, 2.75) is 58.3 Å². The van der Waals surface area contributed by atoms with Crippen LogP contribution in [0.25, 0.3) is 0 Å². The van der Waals surface area contributed by atoms with E-state index >= 15 is 0 Å². The first-order valence-electron chi connectivity index (χ1n) is 9.81. The van der Waals surface area contributed by atoms with Crippen molar-refractivity contribution in [1.29, 1.82) is 0 Å². The van der Waals surface area contributed by atoms with Crippen molar-refractivity contribution in [2.24, 2.45) is 0 Å². The van der Waals surface area contributed by atoms with Crippen molar-refractivity contribution in [3.8, 4) is 0 Å². The number of carbonyl (C=O) groups excluding carboxylic acids is 3. The molecule has 1 fully saturated rings. The number of nitrogens with zero attached hydrogens (tertiary/aromatic N) is 3. The van der Waals surface area contributed by atoms with E-state index in [-0.39, 0.29) is 24.9 Å². The fourth-order valence-corrected chi connectivity index (χ4v) is 4.43. The number of fused-ring (bicyclic) bond motifs is 1. The summed E-state index contributed by atoms with van der Waals surface area (Å²) < 4.78 is 5.42. The molecule has 2 N–H and O–H groups in total. The summed E-state index contributed by atoms with van der Waals surface area (Å²) >= 11 is 1.37. The molecule has 9 nitrogen and oxygen atoms in total. The topological polar surface area (TPSA) is 104 Å². The third kappa shape index (κ3) is 4.87. The van der Waals surface area contributed by atoms with E-state index in [9.17, 15) is 14.4 Å². The Balaban J connectivity index is 1.77. The summed E-state index contributed by atoms with van der Waals surface area (Å²) in [6.07, 6.45) is 0.299. The predicted octanol–water partition coefficient (Wildman–Crippen LogP) is 0.985. The van der Waals surface area contributed by atoms with Gasteiger partial charge in [0.1, 0.15) is 11.6 Å². The van der Waals surface area contributed by atoms with Gasteiger partial charge in [-0.1, -0.05) is 0 Å². The van der Waals surface area contributed by atoms with Crippen LogP contribution in [-0.2, 0) is 22.5 Å². The Bertz CT molecular complexity index is 803. The van der Waals surface area contributed by atoms with Crippen molar-refractivity contribution in [2.75, 3.05) is 26.7 Å². The van der Waals surface area contributed by atoms with E-state index in [0.29, 0.717) is 24.1 Å². The standard InChI is InChI=1S/C19H29N5O4S/c1-11-8-12-14(9-21-11)29-16(22-12)17(26)24-7-6-23(10-13(24)15(25)20-5)18(27)28-19(2,3)4/h11,13,21H,6-10H2,1-5H3,(H,20,25). The summed E-state index contributed by atoms with van der Waals surface area (Å²) in [5, 5.41) is 6.36. The lowest BCUT2D eigenvalue weighted by molar-refractivity contribution is -0.127. The van der Waals surface area contributed by atoms with Crippen LogP contribution >= 0.6 is 11.3 Å². The highest BCUT2D eigenvalue weighted by Crippen LogP contribution is 2.26. The SMILES string of the molecule is CNC(=O)C1CN(C(=O)OC(C)(C)C)CCN1C(=O)c1nc2c(s1)CNC(C)C2. The molecule has 1 saturated heterocycles. The van der Waals surface area contributed by atoms with Crippen LogP contribution in [0, 0.1) is 0 Å². The van der Waals surface area contributed by atoms with Gasteiger partial charge in [-0.05, 0) is 27.7 Å². The van der Waals surface area contributed by atoms with Gasteiger partial charge < -0.3 is 25.2 Å². The zero-order chi connectivity index (χ0) is 21.3. The van der Waals surface area contributed by atoms with Gasteiger partial charge in [0.25, 0.3) is 5.91 Å². The van der Waals surface area contributed by atoms with Crippen LogP contribution in [0.1, 0.15) is 48.1 Å². The van der Waals surface area contributed by atoms with Crippen molar-refractivity contribution in [3.63, 3.8) is 0 Å². The number of piperazine rings is 1. The zero-order valence-electron chi connectivity index (χ0n) is 17.6. The van der Waals surface area contributed by atoms with Gasteiger partial charge in [0.05, 0.1) is 12.2 Å². The highest BCUT2D eigenvalue weighted by atomic mass is 32.1. The molecule has 3 heterocycles. The highest BCUT2D eigenvalue weighted by Gasteiger charge is 2.39. The van der Waals surface area contributed by atoms with Crippen LogP contribution in [0.4, 0.5) is 4.79 Å². The Labute approximate surface area is 174 Å². The minimum absolute atomic E-state index is 0.0873. The monoisotopic (exact) mass is 423 g/mol.